The van der Waals surface area contributed by atoms with Crippen molar-refractivity contribution in [3.8, 4) is 11.5 Å². The van der Waals surface area contributed by atoms with Crippen molar-refractivity contribution in [1.82, 2.24) is 4.98 Å². The average Bonchev–Trinajstić information content (AvgIpc) is 2.66. The van der Waals surface area contributed by atoms with Gasteiger partial charge in [-0.25, -0.2) is 4.79 Å². The van der Waals surface area contributed by atoms with Crippen LogP contribution in [0.2, 0.25) is 0 Å². The van der Waals surface area contributed by atoms with E-state index in [0.717, 1.165) is 17.8 Å². The molecule has 0 aliphatic rings. The first-order chi connectivity index (χ1) is 13.6. The minimum atomic E-state index is -4.52. The number of carboxylic acid groups (broad SMARTS) is 1. The first-order valence-electron chi connectivity index (χ1n) is 8.23. The molecule has 1 aromatic heterocycles. The number of benzene rings is 2. The molecule has 0 atom stereocenters. The number of phenols is 1. The lowest BCUT2D eigenvalue weighted by Gasteiger charge is -2.11. The van der Waals surface area contributed by atoms with Crippen LogP contribution in [0.1, 0.15) is 11.1 Å². The van der Waals surface area contributed by atoms with E-state index in [0.29, 0.717) is 5.69 Å². The zero-order valence-electron chi connectivity index (χ0n) is 15.1. The van der Waals surface area contributed by atoms with Crippen LogP contribution in [-0.2, 0) is 14.9 Å². The van der Waals surface area contributed by atoms with Crippen LogP contribution in [0.3, 0.4) is 0 Å². The molecule has 0 amide bonds. The van der Waals surface area contributed by atoms with Gasteiger partial charge in [-0.05, 0) is 25.1 Å². The number of fused-ring (bicyclic) bond motifs is 1. The van der Waals surface area contributed by atoms with Gasteiger partial charge < -0.3 is 14.9 Å². The van der Waals surface area contributed by atoms with Gasteiger partial charge in [-0.15, -0.1) is 0 Å². The Balaban J connectivity index is 2.19. The fraction of sp³-hybridized carbons (Fsp3) is 0.105. The monoisotopic (exact) mass is 416 g/mol. The van der Waals surface area contributed by atoms with Crippen molar-refractivity contribution in [3.05, 3.63) is 53.7 Å². The molecule has 3 rings (SSSR count). The first kappa shape index (κ1) is 20.2. The van der Waals surface area contributed by atoms with Gasteiger partial charge in [-0.2, -0.15) is 8.42 Å². The maximum Gasteiger partial charge on any atom is 0.341 e. The number of aliphatic imine (C=N–C) groups is 1. The number of nitrogens with zero attached hydrogens (tertiary/aromatic N) is 2. The molecule has 3 aromatic rings. The minimum Gasteiger partial charge on any atom is -0.504 e. The molecule has 9 nitrogen and oxygen atoms in total. The highest BCUT2D eigenvalue weighted by Gasteiger charge is 2.18. The highest BCUT2D eigenvalue weighted by molar-refractivity contribution is 7.85. The zero-order valence-corrected chi connectivity index (χ0v) is 15.9. The van der Waals surface area contributed by atoms with Crippen LogP contribution in [0, 0.1) is 6.92 Å². The molecule has 0 saturated carbocycles. The van der Waals surface area contributed by atoms with E-state index >= 15 is 0 Å². The fourth-order valence-corrected chi connectivity index (χ4v) is 2.98. The molecule has 1 heterocycles. The van der Waals surface area contributed by atoms with Gasteiger partial charge in [0.2, 0.25) is 0 Å². The lowest BCUT2D eigenvalue weighted by molar-refractivity contribution is -0.139. The van der Waals surface area contributed by atoms with Crippen LogP contribution in [0.15, 0.2) is 52.5 Å². The molecule has 0 radical (unpaired) electrons. The Hall–Kier alpha value is -3.50. The number of aromatic nitrogens is 1. The maximum absolute atomic E-state index is 11.5. The van der Waals surface area contributed by atoms with E-state index in [2.05, 4.69) is 9.98 Å². The normalized spacial score (nSPS) is 11.8. The second-order valence-electron chi connectivity index (χ2n) is 6.13. The third kappa shape index (κ3) is 4.68. The Morgan fingerprint density at radius 3 is 2.55 bits per heavy atom. The van der Waals surface area contributed by atoms with Crippen molar-refractivity contribution in [1.29, 1.82) is 0 Å². The second-order valence-corrected chi connectivity index (χ2v) is 7.55. The summed E-state index contributed by atoms with van der Waals surface area (Å²) in [4.78, 5) is 18.5. The summed E-state index contributed by atoms with van der Waals surface area (Å²) in [5.41, 5.74) is 1.87. The van der Waals surface area contributed by atoms with E-state index in [1.54, 1.807) is 12.1 Å². The van der Waals surface area contributed by atoms with E-state index < -0.39 is 33.3 Å². The van der Waals surface area contributed by atoms with Crippen molar-refractivity contribution < 1.29 is 32.7 Å². The molecule has 10 heteroatoms. The summed E-state index contributed by atoms with van der Waals surface area (Å²) < 4.78 is 37.3. The van der Waals surface area contributed by atoms with Crippen LogP contribution in [0.4, 0.5) is 5.69 Å². The number of pyridine rings is 1. The SMILES string of the molecule is Cc1ccc(N=Cc2c(O)c(OCC(=O)O)cc3ncc(S(=O)(=O)O)cc23)cc1. The molecule has 0 spiro atoms. The molecule has 0 saturated heterocycles. The first-order valence-corrected chi connectivity index (χ1v) is 9.67. The number of ether oxygens (including phenoxy) is 1. The van der Waals surface area contributed by atoms with Crippen LogP contribution in [-0.4, -0.2) is 47.0 Å². The lowest BCUT2D eigenvalue weighted by atomic mass is 10.1. The summed E-state index contributed by atoms with van der Waals surface area (Å²) in [6.07, 6.45) is 2.22. The third-order valence-electron chi connectivity index (χ3n) is 3.97. The Kier molecular flexibility index (Phi) is 5.48. The smallest absolute Gasteiger partial charge is 0.341 e. The molecule has 0 unspecified atom stereocenters. The summed E-state index contributed by atoms with van der Waals surface area (Å²) in [6, 6.07) is 9.58. The van der Waals surface area contributed by atoms with Crippen LogP contribution < -0.4 is 4.74 Å². The van der Waals surface area contributed by atoms with Gasteiger partial charge in [-0.3, -0.25) is 14.5 Å². The number of aliphatic carboxylic acids is 1. The fourth-order valence-electron chi connectivity index (χ4n) is 2.53. The number of hydrogen-bond acceptors (Lipinski definition) is 7. The van der Waals surface area contributed by atoms with Gasteiger partial charge in [0, 0.05) is 29.4 Å². The summed E-state index contributed by atoms with van der Waals surface area (Å²) in [6.45, 7) is 1.22. The molecule has 0 bridgehead atoms. The van der Waals surface area contributed by atoms with Gasteiger partial charge >= 0.3 is 5.97 Å². The molecule has 29 heavy (non-hydrogen) atoms. The zero-order chi connectivity index (χ0) is 21.2. The van der Waals surface area contributed by atoms with Gasteiger partial charge in [0.1, 0.15) is 4.90 Å². The predicted octanol–water partition coefficient (Wildman–Crippen LogP) is 2.71. The van der Waals surface area contributed by atoms with Gasteiger partial charge in [-0.1, -0.05) is 17.7 Å². The largest absolute Gasteiger partial charge is 0.504 e. The van der Waals surface area contributed by atoms with E-state index in [9.17, 15) is 22.9 Å². The molecular formula is C19H16N2O7S. The van der Waals surface area contributed by atoms with E-state index in [-0.39, 0.29) is 22.2 Å². The number of carboxylic acids is 1. The van der Waals surface area contributed by atoms with E-state index in [1.807, 2.05) is 19.1 Å². The average molecular weight is 416 g/mol. The molecule has 0 aliphatic carbocycles. The van der Waals surface area contributed by atoms with Crippen molar-refractivity contribution in [2.45, 2.75) is 11.8 Å². The van der Waals surface area contributed by atoms with Crippen molar-refractivity contribution in [3.63, 3.8) is 0 Å². The number of phenolic OH excluding ortho intramolecular Hbond substituents is 1. The standard InChI is InChI=1S/C19H16N2O7S/c1-11-2-4-12(5-3-11)20-9-15-14-6-13(29(25,26)27)8-21-16(14)7-17(19(15)24)28-10-18(22)23/h2-9,24H,10H2,1H3,(H,22,23)(H,25,26,27). The van der Waals surface area contributed by atoms with Crippen molar-refractivity contribution >= 4 is 38.9 Å². The predicted molar refractivity (Wildman–Crippen MR) is 105 cm³/mol. The number of aromatic hydroxyl groups is 1. The second kappa shape index (κ2) is 7.86. The summed E-state index contributed by atoms with van der Waals surface area (Å²) in [5, 5.41) is 19.5. The van der Waals surface area contributed by atoms with Crippen LogP contribution in [0.25, 0.3) is 10.9 Å². The Bertz CT molecular complexity index is 1220. The lowest BCUT2D eigenvalue weighted by Crippen LogP contribution is -2.10. The summed E-state index contributed by atoms with van der Waals surface area (Å²) in [7, 11) is -4.52. The highest BCUT2D eigenvalue weighted by Crippen LogP contribution is 2.36. The topological polar surface area (TPSA) is 146 Å². The number of carbonyl (C=O) groups is 1. The summed E-state index contributed by atoms with van der Waals surface area (Å²) in [5.74, 6) is -1.84. The highest BCUT2D eigenvalue weighted by atomic mass is 32.2. The van der Waals surface area contributed by atoms with Crippen LogP contribution >= 0.6 is 0 Å². The number of rotatable bonds is 6. The maximum atomic E-state index is 11.5. The molecular weight excluding hydrogens is 400 g/mol. The molecule has 150 valence electrons. The van der Waals surface area contributed by atoms with Crippen molar-refractivity contribution in [2.24, 2.45) is 4.99 Å². The molecule has 3 N–H and O–H groups in total. The molecule has 0 aliphatic heterocycles. The Labute approximate surface area is 165 Å². The quantitative estimate of drug-likeness (QED) is 0.411. The number of hydrogen-bond donors (Lipinski definition) is 3. The van der Waals surface area contributed by atoms with E-state index in [1.165, 1.54) is 12.3 Å². The Morgan fingerprint density at radius 1 is 1.24 bits per heavy atom. The third-order valence-corrected chi connectivity index (χ3v) is 4.78. The van der Waals surface area contributed by atoms with Crippen LogP contribution in [0.5, 0.6) is 11.5 Å². The molecule has 2 aromatic carbocycles. The van der Waals surface area contributed by atoms with Gasteiger partial charge in [0.15, 0.2) is 18.1 Å². The van der Waals surface area contributed by atoms with Crippen molar-refractivity contribution in [2.75, 3.05) is 6.61 Å². The van der Waals surface area contributed by atoms with E-state index in [4.69, 9.17) is 9.84 Å². The van der Waals surface area contributed by atoms with Gasteiger partial charge in [0.05, 0.1) is 11.2 Å². The summed E-state index contributed by atoms with van der Waals surface area (Å²) >= 11 is 0. The number of aryl methyl sites for hydroxylation is 1. The molecule has 0 fully saturated rings. The Morgan fingerprint density at radius 2 is 1.93 bits per heavy atom. The van der Waals surface area contributed by atoms with Gasteiger partial charge in [0.25, 0.3) is 10.1 Å². The minimum absolute atomic E-state index is 0.0569.